The molecule has 1 amide bonds. The third-order valence-electron chi connectivity index (χ3n) is 4.77. The van der Waals surface area contributed by atoms with Crippen molar-refractivity contribution in [3.8, 4) is 11.3 Å². The first-order valence-electron chi connectivity index (χ1n) is 9.40. The molecule has 1 aliphatic rings. The lowest BCUT2D eigenvalue weighted by Gasteiger charge is -2.26. The molecule has 1 fully saturated rings. The first-order valence-corrected chi connectivity index (χ1v) is 10.3. The summed E-state index contributed by atoms with van der Waals surface area (Å²) in [6.07, 6.45) is 0. The molecule has 0 unspecified atom stereocenters. The number of amides is 1. The molecule has 0 atom stereocenters. The summed E-state index contributed by atoms with van der Waals surface area (Å²) >= 11 is 1.44. The monoisotopic (exact) mass is 393 g/mol. The van der Waals surface area contributed by atoms with Gasteiger partial charge >= 0.3 is 0 Å². The van der Waals surface area contributed by atoms with Crippen LogP contribution >= 0.6 is 11.3 Å². The largest absolute Gasteiger partial charge is 0.379 e. The van der Waals surface area contributed by atoms with Gasteiger partial charge in [-0.15, -0.1) is 11.3 Å². The van der Waals surface area contributed by atoms with E-state index in [0.29, 0.717) is 10.7 Å². The van der Waals surface area contributed by atoms with E-state index < -0.39 is 0 Å². The number of aryl methyl sites for hydroxylation is 1. The second-order valence-corrected chi connectivity index (χ2v) is 7.81. The Morgan fingerprint density at radius 2 is 1.96 bits per heavy atom. The molecule has 2 heterocycles. The van der Waals surface area contributed by atoms with Gasteiger partial charge in [-0.1, -0.05) is 42.0 Å². The molecule has 0 saturated carbocycles. The van der Waals surface area contributed by atoms with Gasteiger partial charge in [-0.05, 0) is 24.6 Å². The summed E-state index contributed by atoms with van der Waals surface area (Å²) in [5.74, 6) is -0.131. The molecule has 3 aromatic rings. The third kappa shape index (κ3) is 4.65. The topological polar surface area (TPSA) is 54.5 Å². The van der Waals surface area contributed by atoms with Crippen molar-refractivity contribution in [3.05, 3.63) is 70.6 Å². The van der Waals surface area contributed by atoms with Crippen LogP contribution in [0.25, 0.3) is 11.3 Å². The summed E-state index contributed by atoms with van der Waals surface area (Å²) in [4.78, 5) is 19.6. The van der Waals surface area contributed by atoms with Crippen LogP contribution in [0.5, 0.6) is 0 Å². The molecular formula is C22H23N3O2S. The van der Waals surface area contributed by atoms with Crippen LogP contribution in [0.2, 0.25) is 0 Å². The molecule has 1 saturated heterocycles. The number of morpholine rings is 1. The van der Waals surface area contributed by atoms with Gasteiger partial charge in [-0.25, -0.2) is 4.98 Å². The Bertz CT molecular complexity index is 946. The highest BCUT2D eigenvalue weighted by molar-refractivity contribution is 7.14. The van der Waals surface area contributed by atoms with Gasteiger partial charge in [0.1, 0.15) is 0 Å². The maximum atomic E-state index is 12.7. The lowest BCUT2D eigenvalue weighted by molar-refractivity contribution is 0.0342. The maximum absolute atomic E-state index is 12.7. The molecule has 6 heteroatoms. The Balaban J connectivity index is 1.42. The van der Waals surface area contributed by atoms with E-state index in [1.807, 2.05) is 35.7 Å². The van der Waals surface area contributed by atoms with E-state index in [0.717, 1.165) is 49.7 Å². The number of benzene rings is 2. The van der Waals surface area contributed by atoms with Crippen molar-refractivity contribution in [2.75, 3.05) is 31.6 Å². The summed E-state index contributed by atoms with van der Waals surface area (Å²) in [7, 11) is 0. The van der Waals surface area contributed by atoms with E-state index in [1.54, 1.807) is 0 Å². The van der Waals surface area contributed by atoms with Gasteiger partial charge in [0.05, 0.1) is 18.9 Å². The molecule has 0 aliphatic carbocycles. The Kier molecular flexibility index (Phi) is 5.81. The van der Waals surface area contributed by atoms with Gasteiger partial charge < -0.3 is 4.74 Å². The second-order valence-electron chi connectivity index (χ2n) is 6.95. The fourth-order valence-corrected chi connectivity index (χ4v) is 3.90. The number of carbonyl (C=O) groups excluding carboxylic acids is 1. The van der Waals surface area contributed by atoms with Crippen molar-refractivity contribution in [2.45, 2.75) is 13.5 Å². The Morgan fingerprint density at radius 1 is 1.18 bits per heavy atom. The van der Waals surface area contributed by atoms with E-state index in [-0.39, 0.29) is 5.91 Å². The molecule has 28 heavy (non-hydrogen) atoms. The molecule has 1 aromatic heterocycles. The number of ether oxygens (including phenoxy) is 1. The fourth-order valence-electron chi connectivity index (χ4n) is 3.19. The minimum Gasteiger partial charge on any atom is -0.379 e. The van der Waals surface area contributed by atoms with Crippen molar-refractivity contribution in [1.29, 1.82) is 0 Å². The second kappa shape index (κ2) is 8.65. The molecule has 0 radical (unpaired) electrons. The zero-order valence-electron chi connectivity index (χ0n) is 15.9. The van der Waals surface area contributed by atoms with Crippen molar-refractivity contribution in [3.63, 3.8) is 0 Å². The third-order valence-corrected chi connectivity index (χ3v) is 5.53. The number of carbonyl (C=O) groups is 1. The lowest BCUT2D eigenvalue weighted by atomic mass is 10.1. The minimum absolute atomic E-state index is 0.131. The van der Waals surface area contributed by atoms with E-state index in [1.165, 1.54) is 16.9 Å². The summed E-state index contributed by atoms with van der Waals surface area (Å²) in [5.41, 5.74) is 4.92. The quantitative estimate of drug-likeness (QED) is 0.706. The highest BCUT2D eigenvalue weighted by Crippen LogP contribution is 2.25. The lowest BCUT2D eigenvalue weighted by Crippen LogP contribution is -2.35. The average molecular weight is 394 g/mol. The average Bonchev–Trinajstić information content (AvgIpc) is 3.18. The first-order chi connectivity index (χ1) is 13.7. The van der Waals surface area contributed by atoms with Crippen LogP contribution in [0.15, 0.2) is 53.9 Å². The van der Waals surface area contributed by atoms with Gasteiger partial charge in [0.15, 0.2) is 5.13 Å². The Morgan fingerprint density at radius 3 is 2.75 bits per heavy atom. The number of anilines is 1. The van der Waals surface area contributed by atoms with Crippen LogP contribution in [0.4, 0.5) is 5.13 Å². The van der Waals surface area contributed by atoms with Crippen LogP contribution in [0.3, 0.4) is 0 Å². The fraction of sp³-hybridized carbons (Fsp3) is 0.273. The van der Waals surface area contributed by atoms with Gasteiger partial charge in [0.2, 0.25) is 0 Å². The van der Waals surface area contributed by atoms with Crippen LogP contribution in [0.1, 0.15) is 21.5 Å². The number of hydrogen-bond acceptors (Lipinski definition) is 5. The highest BCUT2D eigenvalue weighted by Gasteiger charge is 2.13. The van der Waals surface area contributed by atoms with Crippen molar-refractivity contribution in [2.24, 2.45) is 0 Å². The standard InChI is InChI=1S/C22H23N3O2S/c1-16-5-7-18(8-6-16)20-15-28-22(23-20)24-21(26)19-4-2-3-17(13-19)14-25-9-11-27-12-10-25/h2-8,13,15H,9-12,14H2,1H3,(H,23,24,26). The van der Waals surface area contributed by atoms with Gasteiger partial charge in [0.25, 0.3) is 5.91 Å². The molecule has 1 aliphatic heterocycles. The van der Waals surface area contributed by atoms with Crippen molar-refractivity contribution >= 4 is 22.4 Å². The molecule has 0 spiro atoms. The number of hydrogen-bond donors (Lipinski definition) is 1. The molecular weight excluding hydrogens is 370 g/mol. The molecule has 4 rings (SSSR count). The predicted molar refractivity (Wildman–Crippen MR) is 113 cm³/mol. The molecule has 0 bridgehead atoms. The summed E-state index contributed by atoms with van der Waals surface area (Å²) in [5, 5.41) is 5.50. The summed E-state index contributed by atoms with van der Waals surface area (Å²) < 4.78 is 5.39. The minimum atomic E-state index is -0.131. The molecule has 144 valence electrons. The van der Waals surface area contributed by atoms with E-state index in [4.69, 9.17) is 4.74 Å². The molecule has 1 N–H and O–H groups in total. The van der Waals surface area contributed by atoms with Crippen molar-refractivity contribution in [1.82, 2.24) is 9.88 Å². The highest BCUT2D eigenvalue weighted by atomic mass is 32.1. The summed E-state index contributed by atoms with van der Waals surface area (Å²) in [6.45, 7) is 6.29. The van der Waals surface area contributed by atoms with Gasteiger partial charge in [-0.2, -0.15) is 0 Å². The van der Waals surface area contributed by atoms with Crippen LogP contribution < -0.4 is 5.32 Å². The van der Waals surface area contributed by atoms with Crippen LogP contribution in [-0.2, 0) is 11.3 Å². The van der Waals surface area contributed by atoms with E-state index in [2.05, 4.69) is 40.3 Å². The number of rotatable bonds is 5. The smallest absolute Gasteiger partial charge is 0.257 e. The SMILES string of the molecule is Cc1ccc(-c2csc(NC(=O)c3cccc(CN4CCOCC4)c3)n2)cc1. The first kappa shape index (κ1) is 18.8. The van der Waals surface area contributed by atoms with E-state index in [9.17, 15) is 4.79 Å². The number of nitrogens with zero attached hydrogens (tertiary/aromatic N) is 2. The number of nitrogens with one attached hydrogen (secondary N) is 1. The van der Waals surface area contributed by atoms with Crippen LogP contribution in [0, 0.1) is 6.92 Å². The van der Waals surface area contributed by atoms with Gasteiger partial charge in [0, 0.05) is 36.1 Å². The van der Waals surface area contributed by atoms with Gasteiger partial charge in [-0.3, -0.25) is 15.0 Å². The van der Waals surface area contributed by atoms with E-state index >= 15 is 0 Å². The number of aromatic nitrogens is 1. The Hall–Kier alpha value is -2.54. The zero-order chi connectivity index (χ0) is 19.3. The number of thiazole rings is 1. The molecule has 5 nitrogen and oxygen atoms in total. The predicted octanol–water partition coefficient (Wildman–Crippen LogP) is 4.20. The normalized spacial score (nSPS) is 14.8. The van der Waals surface area contributed by atoms with Crippen molar-refractivity contribution < 1.29 is 9.53 Å². The van der Waals surface area contributed by atoms with Crippen LogP contribution in [-0.4, -0.2) is 42.1 Å². The Labute approximate surface area is 169 Å². The maximum Gasteiger partial charge on any atom is 0.257 e. The molecule has 2 aromatic carbocycles. The summed E-state index contributed by atoms with van der Waals surface area (Å²) in [6, 6.07) is 16.0. The zero-order valence-corrected chi connectivity index (χ0v) is 16.7.